The Bertz CT molecular complexity index is 215. The minimum absolute atomic E-state index is 0.343. The number of nitrogens with zero attached hydrogens (tertiary/aromatic N) is 1. The molecule has 100 valence electrons. The van der Waals surface area contributed by atoms with Crippen molar-refractivity contribution < 1.29 is 9.84 Å². The van der Waals surface area contributed by atoms with E-state index in [0.29, 0.717) is 18.7 Å². The molecule has 1 heterocycles. The Balaban J connectivity index is 1.75. The maximum absolute atomic E-state index is 9.84. The highest BCUT2D eigenvalue weighted by Crippen LogP contribution is 2.27. The van der Waals surface area contributed by atoms with Crippen LogP contribution in [-0.4, -0.2) is 61.5 Å². The van der Waals surface area contributed by atoms with Crippen molar-refractivity contribution in [3.05, 3.63) is 0 Å². The lowest BCUT2D eigenvalue weighted by Gasteiger charge is -2.31. The third-order valence-electron chi connectivity index (χ3n) is 3.73. The van der Waals surface area contributed by atoms with Crippen LogP contribution in [0.2, 0.25) is 0 Å². The van der Waals surface area contributed by atoms with Gasteiger partial charge in [-0.1, -0.05) is 6.42 Å². The Hall–Kier alpha value is -0.160. The second-order valence-electron chi connectivity index (χ2n) is 5.44. The van der Waals surface area contributed by atoms with Crippen LogP contribution in [0.15, 0.2) is 0 Å². The van der Waals surface area contributed by atoms with Crippen molar-refractivity contribution in [1.29, 1.82) is 0 Å². The molecular formula is C13H26N2O2. The summed E-state index contributed by atoms with van der Waals surface area (Å²) in [5.74, 6) is 0. The van der Waals surface area contributed by atoms with Crippen LogP contribution in [0.1, 0.15) is 32.1 Å². The van der Waals surface area contributed by atoms with Crippen LogP contribution >= 0.6 is 0 Å². The largest absolute Gasteiger partial charge is 0.389 e. The summed E-state index contributed by atoms with van der Waals surface area (Å²) < 4.78 is 5.00. The number of methoxy groups -OCH3 is 1. The molecule has 2 fully saturated rings. The van der Waals surface area contributed by atoms with Gasteiger partial charge in [-0.2, -0.15) is 0 Å². The predicted molar refractivity (Wildman–Crippen MR) is 68.1 cm³/mol. The van der Waals surface area contributed by atoms with Crippen molar-refractivity contribution in [3.63, 3.8) is 0 Å². The van der Waals surface area contributed by atoms with Gasteiger partial charge in [0, 0.05) is 32.3 Å². The zero-order valence-electron chi connectivity index (χ0n) is 10.9. The molecule has 2 aliphatic rings. The first-order valence-corrected chi connectivity index (χ1v) is 6.94. The van der Waals surface area contributed by atoms with E-state index in [2.05, 4.69) is 10.2 Å². The smallest absolute Gasteiger partial charge is 0.0900 e. The molecule has 0 amide bonds. The molecular weight excluding hydrogens is 216 g/mol. The van der Waals surface area contributed by atoms with Crippen LogP contribution in [-0.2, 0) is 4.74 Å². The third-order valence-corrected chi connectivity index (χ3v) is 3.73. The van der Waals surface area contributed by atoms with Gasteiger partial charge in [-0.05, 0) is 32.2 Å². The minimum atomic E-state index is -0.343. The van der Waals surface area contributed by atoms with Crippen molar-refractivity contribution in [2.45, 2.75) is 50.3 Å². The lowest BCUT2D eigenvalue weighted by atomic mass is 10.0. The van der Waals surface area contributed by atoms with Gasteiger partial charge in [0.2, 0.25) is 0 Å². The van der Waals surface area contributed by atoms with Gasteiger partial charge in [0.05, 0.1) is 12.7 Å². The molecule has 4 heteroatoms. The fourth-order valence-electron chi connectivity index (χ4n) is 2.69. The number of piperidine rings is 1. The number of aliphatic hydroxyl groups is 1. The molecule has 4 nitrogen and oxygen atoms in total. The van der Waals surface area contributed by atoms with Gasteiger partial charge in [0.1, 0.15) is 0 Å². The Kier molecular flexibility index (Phi) is 5.22. The standard InChI is InChI=1S/C13H26N2O2/c1-17-10-13(16)9-15(12-5-6-12)8-11-4-2-3-7-14-11/h11-14,16H,2-10H2,1H3. The van der Waals surface area contributed by atoms with E-state index < -0.39 is 0 Å². The summed E-state index contributed by atoms with van der Waals surface area (Å²) in [5.41, 5.74) is 0. The van der Waals surface area contributed by atoms with Gasteiger partial charge in [-0.15, -0.1) is 0 Å². The molecule has 17 heavy (non-hydrogen) atoms. The van der Waals surface area contributed by atoms with Crippen LogP contribution in [0.5, 0.6) is 0 Å². The summed E-state index contributed by atoms with van der Waals surface area (Å²) in [7, 11) is 1.65. The first kappa shape index (κ1) is 13.3. The summed E-state index contributed by atoms with van der Waals surface area (Å²) in [6.45, 7) is 3.45. The van der Waals surface area contributed by atoms with E-state index in [0.717, 1.165) is 19.6 Å². The average Bonchev–Trinajstić information content (AvgIpc) is 3.14. The number of rotatable bonds is 7. The Morgan fingerprint density at radius 3 is 2.76 bits per heavy atom. The summed E-state index contributed by atoms with van der Waals surface area (Å²) in [6.07, 6.45) is 6.19. The van der Waals surface area contributed by atoms with E-state index in [9.17, 15) is 5.11 Å². The molecule has 1 saturated heterocycles. The predicted octanol–water partition coefficient (Wildman–Crippen LogP) is 0.600. The molecule has 1 saturated carbocycles. The molecule has 0 radical (unpaired) electrons. The number of aliphatic hydroxyl groups excluding tert-OH is 1. The molecule has 0 aromatic heterocycles. The topological polar surface area (TPSA) is 44.7 Å². The Morgan fingerprint density at radius 2 is 2.18 bits per heavy atom. The monoisotopic (exact) mass is 242 g/mol. The van der Waals surface area contributed by atoms with E-state index in [4.69, 9.17) is 4.74 Å². The second kappa shape index (κ2) is 6.69. The maximum atomic E-state index is 9.84. The van der Waals surface area contributed by atoms with Crippen molar-refractivity contribution in [1.82, 2.24) is 10.2 Å². The molecule has 0 spiro atoms. The van der Waals surface area contributed by atoms with Crippen LogP contribution in [0, 0.1) is 0 Å². The summed E-state index contributed by atoms with van der Waals surface area (Å²) in [5, 5.41) is 13.4. The van der Waals surface area contributed by atoms with Crippen LogP contribution in [0.25, 0.3) is 0 Å². The molecule has 2 atom stereocenters. The fraction of sp³-hybridized carbons (Fsp3) is 1.00. The molecule has 2 N–H and O–H groups in total. The molecule has 1 aliphatic carbocycles. The lowest BCUT2D eigenvalue weighted by molar-refractivity contribution is 0.0326. The molecule has 2 rings (SSSR count). The molecule has 0 aromatic rings. The number of hydrogen-bond donors (Lipinski definition) is 2. The van der Waals surface area contributed by atoms with Crippen LogP contribution in [0.4, 0.5) is 0 Å². The van der Waals surface area contributed by atoms with E-state index in [1.165, 1.54) is 32.1 Å². The van der Waals surface area contributed by atoms with E-state index in [1.54, 1.807) is 7.11 Å². The van der Waals surface area contributed by atoms with Crippen LogP contribution < -0.4 is 5.32 Å². The van der Waals surface area contributed by atoms with E-state index in [1.807, 2.05) is 0 Å². The van der Waals surface area contributed by atoms with Gasteiger partial charge in [-0.25, -0.2) is 0 Å². The Morgan fingerprint density at radius 1 is 1.35 bits per heavy atom. The zero-order valence-corrected chi connectivity index (χ0v) is 10.9. The van der Waals surface area contributed by atoms with Crippen molar-refractivity contribution >= 4 is 0 Å². The molecule has 2 unspecified atom stereocenters. The summed E-state index contributed by atoms with van der Waals surface area (Å²) in [4.78, 5) is 2.45. The van der Waals surface area contributed by atoms with Crippen molar-refractivity contribution in [2.75, 3.05) is 33.4 Å². The zero-order chi connectivity index (χ0) is 12.1. The fourth-order valence-corrected chi connectivity index (χ4v) is 2.69. The van der Waals surface area contributed by atoms with Crippen molar-refractivity contribution in [3.8, 4) is 0 Å². The summed E-state index contributed by atoms with van der Waals surface area (Å²) >= 11 is 0. The highest BCUT2D eigenvalue weighted by atomic mass is 16.5. The highest BCUT2D eigenvalue weighted by Gasteiger charge is 2.31. The molecule has 1 aliphatic heterocycles. The minimum Gasteiger partial charge on any atom is -0.389 e. The maximum Gasteiger partial charge on any atom is 0.0900 e. The third kappa shape index (κ3) is 4.54. The second-order valence-corrected chi connectivity index (χ2v) is 5.44. The average molecular weight is 242 g/mol. The first-order chi connectivity index (χ1) is 8.29. The van der Waals surface area contributed by atoms with Gasteiger partial charge in [-0.3, -0.25) is 4.90 Å². The first-order valence-electron chi connectivity index (χ1n) is 6.94. The van der Waals surface area contributed by atoms with Crippen LogP contribution in [0.3, 0.4) is 0 Å². The normalized spacial score (nSPS) is 27.4. The van der Waals surface area contributed by atoms with Gasteiger partial charge in [0.15, 0.2) is 0 Å². The van der Waals surface area contributed by atoms with E-state index >= 15 is 0 Å². The number of ether oxygens (including phenoxy) is 1. The highest BCUT2D eigenvalue weighted by molar-refractivity contribution is 4.88. The SMILES string of the molecule is COCC(O)CN(CC1CCCCN1)C1CC1. The number of nitrogens with one attached hydrogen (secondary N) is 1. The van der Waals surface area contributed by atoms with Gasteiger partial charge in [0.25, 0.3) is 0 Å². The molecule has 0 bridgehead atoms. The quantitative estimate of drug-likeness (QED) is 0.686. The van der Waals surface area contributed by atoms with Gasteiger partial charge >= 0.3 is 0 Å². The summed E-state index contributed by atoms with van der Waals surface area (Å²) in [6, 6.07) is 1.34. The Labute approximate surface area is 104 Å². The van der Waals surface area contributed by atoms with E-state index in [-0.39, 0.29) is 6.10 Å². The lowest BCUT2D eigenvalue weighted by Crippen LogP contribution is -2.47. The van der Waals surface area contributed by atoms with Gasteiger partial charge < -0.3 is 15.2 Å². The number of hydrogen-bond acceptors (Lipinski definition) is 4. The van der Waals surface area contributed by atoms with Crippen molar-refractivity contribution in [2.24, 2.45) is 0 Å². The molecule has 0 aromatic carbocycles.